The topological polar surface area (TPSA) is 153 Å². The van der Waals surface area contributed by atoms with E-state index < -0.39 is 9.84 Å². The molecule has 4 aromatic rings. The number of nitrogens with zero attached hydrogens (tertiary/aromatic N) is 6. The number of hydrogen-bond donors (Lipinski definition) is 2. The number of morpholine rings is 1. The zero-order valence-corrected chi connectivity index (χ0v) is 24.0. The molecule has 1 aliphatic rings. The lowest BCUT2D eigenvalue weighted by Gasteiger charge is -2.30. The Morgan fingerprint density at radius 3 is 2.77 bits per heavy atom. The fraction of sp³-hybridized carbons (Fsp3) is 0.400. The van der Waals surface area contributed by atoms with Crippen LogP contribution in [0.15, 0.2) is 37.1 Å². The van der Waals surface area contributed by atoms with Crippen LogP contribution in [-0.4, -0.2) is 93.9 Å². The van der Waals surface area contributed by atoms with Crippen molar-refractivity contribution < 1.29 is 22.7 Å². The number of nitrogens with one attached hydrogen (secondary N) is 2. The smallest absolute Gasteiger partial charge is 0.260 e. The summed E-state index contributed by atoms with van der Waals surface area (Å²) in [6.07, 6.45) is 9.56. The van der Waals surface area contributed by atoms with Crippen LogP contribution in [0.3, 0.4) is 0 Å². The van der Waals surface area contributed by atoms with Gasteiger partial charge in [-0.3, -0.25) is 24.2 Å². The summed E-state index contributed by atoms with van der Waals surface area (Å²) in [6, 6.07) is 1.69. The van der Waals surface area contributed by atoms with Crippen molar-refractivity contribution in [3.63, 3.8) is 0 Å². The van der Waals surface area contributed by atoms with Gasteiger partial charge in [-0.1, -0.05) is 0 Å². The summed E-state index contributed by atoms with van der Waals surface area (Å²) in [4.78, 5) is 33.7. The summed E-state index contributed by atoms with van der Waals surface area (Å²) in [5.41, 5.74) is 2.75. The molecule has 0 bridgehead atoms. The summed E-state index contributed by atoms with van der Waals surface area (Å²) in [5, 5.41) is 14.3. The Hall–Kier alpha value is -3.66. The van der Waals surface area contributed by atoms with Crippen LogP contribution in [0.1, 0.15) is 23.0 Å². The second-order valence-corrected chi connectivity index (χ2v) is 13.1. The van der Waals surface area contributed by atoms with E-state index in [1.807, 2.05) is 11.8 Å². The molecule has 0 spiro atoms. The first-order valence-electron chi connectivity index (χ1n) is 12.6. The molecule has 2 N–H and O–H groups in total. The van der Waals surface area contributed by atoms with E-state index in [1.54, 1.807) is 47.0 Å². The van der Waals surface area contributed by atoms with Gasteiger partial charge in [-0.05, 0) is 19.9 Å². The van der Waals surface area contributed by atoms with Crippen molar-refractivity contribution in [2.75, 3.05) is 48.9 Å². The average molecular weight is 587 g/mol. The fourth-order valence-electron chi connectivity index (χ4n) is 4.30. The molecule has 0 radical (unpaired) electrons. The highest BCUT2D eigenvalue weighted by atomic mass is 32.2. The van der Waals surface area contributed by atoms with E-state index in [-0.39, 0.29) is 36.8 Å². The number of thiazole rings is 1. The average Bonchev–Trinajstić information content (AvgIpc) is 3.60. The van der Waals surface area contributed by atoms with Gasteiger partial charge in [0.2, 0.25) is 5.91 Å². The highest BCUT2D eigenvalue weighted by Crippen LogP contribution is 2.31. The van der Waals surface area contributed by atoms with E-state index in [9.17, 15) is 18.0 Å². The van der Waals surface area contributed by atoms with Gasteiger partial charge in [-0.2, -0.15) is 10.2 Å². The number of pyridine rings is 1. The van der Waals surface area contributed by atoms with Gasteiger partial charge in [0, 0.05) is 37.3 Å². The molecular weight excluding hydrogens is 556 g/mol. The maximum atomic E-state index is 13.2. The third-order valence-electron chi connectivity index (χ3n) is 6.36. The van der Waals surface area contributed by atoms with Crippen molar-refractivity contribution in [2.45, 2.75) is 26.5 Å². The van der Waals surface area contributed by atoms with Gasteiger partial charge in [0.15, 0.2) is 0 Å². The number of rotatable bonds is 9. The molecular formula is C25H30N8O5S2. The Balaban J connectivity index is 1.26. The molecule has 1 saturated heterocycles. The minimum Gasteiger partial charge on any atom is -0.376 e. The Morgan fingerprint density at radius 2 is 2.00 bits per heavy atom. The Bertz CT molecular complexity index is 1660. The summed E-state index contributed by atoms with van der Waals surface area (Å²) in [7, 11) is -3.10. The van der Waals surface area contributed by atoms with Gasteiger partial charge in [0.1, 0.15) is 14.7 Å². The predicted molar refractivity (Wildman–Crippen MR) is 151 cm³/mol. The largest absolute Gasteiger partial charge is 0.376 e. The van der Waals surface area contributed by atoms with Crippen LogP contribution < -0.4 is 10.6 Å². The van der Waals surface area contributed by atoms with Crippen LogP contribution in [0, 0.1) is 6.92 Å². The number of aryl methyl sites for hydroxylation is 2. The molecule has 2 amide bonds. The van der Waals surface area contributed by atoms with Gasteiger partial charge in [-0.25, -0.2) is 12.9 Å². The minimum absolute atomic E-state index is 0.00148. The lowest BCUT2D eigenvalue weighted by atomic mass is 10.2. The van der Waals surface area contributed by atoms with Crippen LogP contribution in [0.5, 0.6) is 0 Å². The third-order valence-corrected chi connectivity index (χ3v) is 8.45. The van der Waals surface area contributed by atoms with Crippen molar-refractivity contribution in [3.8, 4) is 10.4 Å². The van der Waals surface area contributed by atoms with E-state index in [4.69, 9.17) is 4.74 Å². The van der Waals surface area contributed by atoms with Crippen LogP contribution in [0.2, 0.25) is 0 Å². The van der Waals surface area contributed by atoms with E-state index in [1.165, 1.54) is 23.8 Å². The summed E-state index contributed by atoms with van der Waals surface area (Å²) < 4.78 is 31.6. The van der Waals surface area contributed by atoms with Crippen LogP contribution in [0.25, 0.3) is 15.3 Å². The molecule has 1 fully saturated rings. The van der Waals surface area contributed by atoms with Gasteiger partial charge in [0.25, 0.3) is 5.91 Å². The third kappa shape index (κ3) is 6.72. The molecule has 40 heavy (non-hydrogen) atoms. The number of ether oxygens (including phenoxy) is 1. The Labute approximate surface area is 235 Å². The lowest BCUT2D eigenvalue weighted by Crippen LogP contribution is -2.44. The second-order valence-electron chi connectivity index (χ2n) is 9.80. The number of aromatic nitrogens is 5. The molecule has 13 nitrogen and oxygen atoms in total. The Morgan fingerprint density at radius 1 is 1.18 bits per heavy atom. The monoisotopic (exact) mass is 586 g/mol. The number of fused-ring (bicyclic) bond motifs is 1. The van der Waals surface area contributed by atoms with Crippen molar-refractivity contribution in [1.82, 2.24) is 29.3 Å². The van der Waals surface area contributed by atoms with Crippen molar-refractivity contribution in [2.24, 2.45) is 0 Å². The zero-order chi connectivity index (χ0) is 28.4. The molecule has 5 rings (SSSR count). The summed E-state index contributed by atoms with van der Waals surface area (Å²) in [6.45, 7) is 6.24. The molecule has 0 aromatic carbocycles. The van der Waals surface area contributed by atoms with E-state index in [0.717, 1.165) is 10.4 Å². The summed E-state index contributed by atoms with van der Waals surface area (Å²) in [5.74, 6) is -0.526. The van der Waals surface area contributed by atoms with Gasteiger partial charge in [-0.15, -0.1) is 11.3 Å². The number of hydrogen-bond acceptors (Lipinski definition) is 10. The van der Waals surface area contributed by atoms with Crippen molar-refractivity contribution in [3.05, 3.63) is 48.3 Å². The van der Waals surface area contributed by atoms with Crippen LogP contribution >= 0.6 is 11.3 Å². The zero-order valence-electron chi connectivity index (χ0n) is 22.3. The number of anilines is 2. The molecule has 212 valence electrons. The van der Waals surface area contributed by atoms with E-state index >= 15 is 0 Å². The molecule has 0 saturated carbocycles. The normalized spacial score (nSPS) is 16.3. The first-order valence-corrected chi connectivity index (χ1v) is 15.5. The van der Waals surface area contributed by atoms with Crippen molar-refractivity contribution >= 4 is 49.2 Å². The maximum absolute atomic E-state index is 13.2. The minimum atomic E-state index is -3.10. The number of carbonyl (C=O) groups is 2. The van der Waals surface area contributed by atoms with E-state index in [0.29, 0.717) is 47.2 Å². The molecule has 0 unspecified atom stereocenters. The molecule has 0 aliphatic carbocycles. The molecule has 15 heteroatoms. The molecule has 5 heterocycles. The van der Waals surface area contributed by atoms with Crippen LogP contribution in [0.4, 0.5) is 11.4 Å². The molecule has 1 atom stereocenters. The van der Waals surface area contributed by atoms with Crippen LogP contribution in [-0.2, 0) is 25.9 Å². The maximum Gasteiger partial charge on any atom is 0.260 e. The lowest BCUT2D eigenvalue weighted by molar-refractivity contribution is -0.119. The van der Waals surface area contributed by atoms with Crippen molar-refractivity contribution in [1.29, 1.82) is 0 Å². The highest BCUT2D eigenvalue weighted by Gasteiger charge is 2.21. The fourth-order valence-corrected chi connectivity index (χ4v) is 5.85. The Kier molecular flexibility index (Phi) is 7.98. The molecule has 1 aliphatic heterocycles. The predicted octanol–water partition coefficient (Wildman–Crippen LogP) is 1.92. The quantitative estimate of drug-likeness (QED) is 0.300. The number of amides is 2. The van der Waals surface area contributed by atoms with Gasteiger partial charge in [0.05, 0.1) is 77.7 Å². The first kappa shape index (κ1) is 27.9. The van der Waals surface area contributed by atoms with Gasteiger partial charge >= 0.3 is 0 Å². The summed E-state index contributed by atoms with van der Waals surface area (Å²) >= 11 is 1.37. The standard InChI is InChI=1S/C25H30N8O5S2/c1-16-12-31(4-6-38-16)15-23(34)29-19-8-21(17(2)26-10-19)30-24(35)20-11-28-33-14-22(39-25(20)33)18-9-27-32(13-18)5-7-40(3,36)37/h8-11,13-14,16H,4-7,12,15H2,1-3H3,(H,29,34)(H,30,35)/t16-/m1/s1. The number of carbonyl (C=O) groups excluding carboxylic acids is 2. The number of sulfone groups is 1. The highest BCUT2D eigenvalue weighted by molar-refractivity contribution is 7.90. The molecule has 4 aromatic heterocycles. The first-order chi connectivity index (χ1) is 19.0. The second kappa shape index (κ2) is 11.4. The van der Waals surface area contributed by atoms with E-state index in [2.05, 4.69) is 25.8 Å². The van der Waals surface area contributed by atoms with Gasteiger partial charge < -0.3 is 15.4 Å². The SMILES string of the molecule is Cc1ncc(NC(=O)CN2CCO[C@H](C)C2)cc1NC(=O)c1cnn2cc(-c3cnn(CCS(C)(=O)=O)c3)sc12.